The van der Waals surface area contributed by atoms with Crippen molar-refractivity contribution in [2.24, 2.45) is 5.41 Å². The van der Waals surface area contributed by atoms with Crippen LogP contribution < -0.4 is 5.32 Å². The number of carbonyl (C=O) groups is 3. The Morgan fingerprint density at radius 3 is 2.23 bits per heavy atom. The lowest BCUT2D eigenvalue weighted by Crippen LogP contribution is -2.48. The summed E-state index contributed by atoms with van der Waals surface area (Å²) in [6.07, 6.45) is 0.388. The summed E-state index contributed by atoms with van der Waals surface area (Å²) in [5, 5.41) is 2.90. The fourth-order valence-corrected chi connectivity index (χ4v) is 3.35. The maximum absolute atomic E-state index is 12.4. The van der Waals surface area contributed by atoms with E-state index < -0.39 is 0 Å². The summed E-state index contributed by atoms with van der Waals surface area (Å²) in [5.74, 6) is 0.0714. The first-order chi connectivity index (χ1) is 10.2. The van der Waals surface area contributed by atoms with Gasteiger partial charge in [0.2, 0.25) is 11.8 Å². The highest BCUT2D eigenvalue weighted by Crippen LogP contribution is 2.34. The first-order valence-corrected chi connectivity index (χ1v) is 7.77. The molecule has 0 unspecified atom stereocenters. The van der Waals surface area contributed by atoms with Gasteiger partial charge in [0.15, 0.2) is 0 Å². The first kappa shape index (κ1) is 16.6. The van der Waals surface area contributed by atoms with Crippen LogP contribution in [0.25, 0.3) is 0 Å². The Morgan fingerprint density at radius 1 is 1.14 bits per heavy atom. The van der Waals surface area contributed by atoms with Gasteiger partial charge in [0.1, 0.15) is 0 Å². The Balaban J connectivity index is 2.21. The van der Waals surface area contributed by atoms with Crippen LogP contribution in [0.5, 0.6) is 0 Å². The summed E-state index contributed by atoms with van der Waals surface area (Å²) < 4.78 is 0. The number of hydrogen-bond donors (Lipinski definition) is 1. The molecule has 1 N–H and O–H groups in total. The molecule has 0 aromatic heterocycles. The maximum Gasteiger partial charge on any atom is 0.317 e. The second-order valence-electron chi connectivity index (χ2n) is 6.89. The number of nitrogens with zero attached hydrogens (tertiary/aromatic N) is 3. The van der Waals surface area contributed by atoms with Gasteiger partial charge in [0, 0.05) is 64.6 Å². The van der Waals surface area contributed by atoms with E-state index in [4.69, 9.17) is 0 Å². The number of carbonyl (C=O) groups excluding carboxylic acids is 3. The molecule has 2 saturated heterocycles. The van der Waals surface area contributed by atoms with Crippen LogP contribution >= 0.6 is 0 Å². The topological polar surface area (TPSA) is 73.0 Å². The third-order valence-corrected chi connectivity index (χ3v) is 4.36. The lowest BCUT2D eigenvalue weighted by molar-refractivity contribution is -0.130. The standard InChI is InChI=1S/C15H26N4O3/c1-11(2)16-14(22)19-6-5-18(12(3)20)9-15(10-19)7-13(21)17(4)8-15/h11H,5-10H2,1-4H3,(H,16,22)/t15-/m0/s1. The molecular formula is C15H26N4O3. The molecule has 4 amide bonds. The molecule has 7 nitrogen and oxygen atoms in total. The lowest BCUT2D eigenvalue weighted by atomic mass is 9.86. The molecule has 0 bridgehead atoms. The summed E-state index contributed by atoms with van der Waals surface area (Å²) >= 11 is 0. The van der Waals surface area contributed by atoms with E-state index in [1.54, 1.807) is 21.7 Å². The molecule has 0 aromatic rings. The Bertz CT molecular complexity index is 479. The maximum atomic E-state index is 12.4. The lowest BCUT2D eigenvalue weighted by Gasteiger charge is -2.33. The average Bonchev–Trinajstić information content (AvgIpc) is 2.58. The van der Waals surface area contributed by atoms with Crippen molar-refractivity contribution in [2.45, 2.75) is 33.2 Å². The minimum atomic E-state index is -0.359. The molecule has 2 fully saturated rings. The van der Waals surface area contributed by atoms with Gasteiger partial charge in [-0.05, 0) is 13.8 Å². The van der Waals surface area contributed by atoms with Gasteiger partial charge in [-0.2, -0.15) is 0 Å². The normalized spacial score (nSPS) is 25.9. The van der Waals surface area contributed by atoms with E-state index in [1.807, 2.05) is 13.8 Å². The zero-order valence-electron chi connectivity index (χ0n) is 13.9. The van der Waals surface area contributed by atoms with Crippen molar-refractivity contribution < 1.29 is 14.4 Å². The van der Waals surface area contributed by atoms with Crippen molar-refractivity contribution in [3.05, 3.63) is 0 Å². The zero-order valence-corrected chi connectivity index (χ0v) is 13.9. The third kappa shape index (κ3) is 3.51. The minimum Gasteiger partial charge on any atom is -0.345 e. The number of hydrogen-bond acceptors (Lipinski definition) is 3. The van der Waals surface area contributed by atoms with Crippen LogP contribution in [0.4, 0.5) is 4.79 Å². The highest BCUT2D eigenvalue weighted by molar-refractivity contribution is 5.80. The van der Waals surface area contributed by atoms with Crippen molar-refractivity contribution in [1.82, 2.24) is 20.0 Å². The van der Waals surface area contributed by atoms with Crippen LogP contribution in [-0.4, -0.2) is 78.4 Å². The molecule has 2 heterocycles. The Hall–Kier alpha value is -1.79. The molecule has 22 heavy (non-hydrogen) atoms. The van der Waals surface area contributed by atoms with E-state index >= 15 is 0 Å². The highest BCUT2D eigenvalue weighted by Gasteiger charge is 2.46. The van der Waals surface area contributed by atoms with Crippen LogP contribution in [-0.2, 0) is 9.59 Å². The van der Waals surface area contributed by atoms with E-state index in [-0.39, 0.29) is 29.3 Å². The van der Waals surface area contributed by atoms with Gasteiger partial charge in [0.25, 0.3) is 0 Å². The van der Waals surface area contributed by atoms with Gasteiger partial charge in [-0.3, -0.25) is 9.59 Å². The van der Waals surface area contributed by atoms with E-state index in [1.165, 1.54) is 6.92 Å². The fraction of sp³-hybridized carbons (Fsp3) is 0.800. The Morgan fingerprint density at radius 2 is 1.73 bits per heavy atom. The molecule has 7 heteroatoms. The Kier molecular flexibility index (Phi) is 4.63. The van der Waals surface area contributed by atoms with E-state index in [9.17, 15) is 14.4 Å². The monoisotopic (exact) mass is 310 g/mol. The van der Waals surface area contributed by atoms with Crippen molar-refractivity contribution in [3.8, 4) is 0 Å². The largest absolute Gasteiger partial charge is 0.345 e. The van der Waals surface area contributed by atoms with Crippen LogP contribution in [0.3, 0.4) is 0 Å². The van der Waals surface area contributed by atoms with Crippen molar-refractivity contribution in [2.75, 3.05) is 39.8 Å². The van der Waals surface area contributed by atoms with Crippen LogP contribution in [0.15, 0.2) is 0 Å². The molecule has 0 saturated carbocycles. The number of likely N-dealkylation sites (tertiary alicyclic amines) is 1. The van der Waals surface area contributed by atoms with Gasteiger partial charge >= 0.3 is 6.03 Å². The molecule has 2 aliphatic rings. The van der Waals surface area contributed by atoms with Crippen molar-refractivity contribution in [3.63, 3.8) is 0 Å². The SMILES string of the molecule is CC(=O)N1CCN(C(=O)NC(C)C)C[C@]2(CC(=O)N(C)C2)C1. The summed E-state index contributed by atoms with van der Waals surface area (Å²) in [4.78, 5) is 41.4. The second kappa shape index (κ2) is 6.14. The predicted octanol–water partition coefficient (Wildman–Crippen LogP) is 0.117. The first-order valence-electron chi connectivity index (χ1n) is 7.77. The van der Waals surface area contributed by atoms with Gasteiger partial charge in [-0.15, -0.1) is 0 Å². The second-order valence-corrected chi connectivity index (χ2v) is 6.89. The molecule has 0 aromatic carbocycles. The molecule has 1 atom stereocenters. The number of amides is 4. The van der Waals surface area contributed by atoms with Crippen molar-refractivity contribution >= 4 is 17.8 Å². The van der Waals surface area contributed by atoms with Crippen molar-refractivity contribution in [1.29, 1.82) is 0 Å². The summed E-state index contributed by atoms with van der Waals surface area (Å²) in [5.41, 5.74) is -0.359. The van der Waals surface area contributed by atoms with Crippen LogP contribution in [0.2, 0.25) is 0 Å². The van der Waals surface area contributed by atoms with E-state index in [0.29, 0.717) is 39.1 Å². The van der Waals surface area contributed by atoms with Gasteiger partial charge in [0.05, 0.1) is 0 Å². The molecule has 1 spiro atoms. The van der Waals surface area contributed by atoms with E-state index in [0.717, 1.165) is 0 Å². The predicted molar refractivity (Wildman–Crippen MR) is 82.2 cm³/mol. The quantitative estimate of drug-likeness (QED) is 0.747. The van der Waals surface area contributed by atoms with E-state index in [2.05, 4.69) is 5.32 Å². The van der Waals surface area contributed by atoms with Crippen LogP contribution in [0, 0.1) is 5.41 Å². The number of urea groups is 1. The molecule has 0 aliphatic carbocycles. The minimum absolute atomic E-state index is 0.00695. The third-order valence-electron chi connectivity index (χ3n) is 4.36. The number of nitrogens with one attached hydrogen (secondary N) is 1. The fourth-order valence-electron chi connectivity index (χ4n) is 3.35. The van der Waals surface area contributed by atoms with Gasteiger partial charge < -0.3 is 20.0 Å². The van der Waals surface area contributed by atoms with Crippen LogP contribution in [0.1, 0.15) is 27.2 Å². The Labute approximate surface area is 131 Å². The molecule has 2 aliphatic heterocycles. The van der Waals surface area contributed by atoms with Gasteiger partial charge in [-0.25, -0.2) is 4.79 Å². The average molecular weight is 310 g/mol. The molecular weight excluding hydrogens is 284 g/mol. The summed E-state index contributed by atoms with van der Waals surface area (Å²) in [6, 6.07) is -0.0646. The summed E-state index contributed by atoms with van der Waals surface area (Å²) in [6.45, 7) is 8.01. The van der Waals surface area contributed by atoms with Gasteiger partial charge in [-0.1, -0.05) is 0 Å². The summed E-state index contributed by atoms with van der Waals surface area (Å²) in [7, 11) is 1.78. The smallest absolute Gasteiger partial charge is 0.317 e. The number of rotatable bonds is 1. The highest BCUT2D eigenvalue weighted by atomic mass is 16.2. The molecule has 2 rings (SSSR count). The zero-order chi connectivity index (χ0) is 16.5. The molecule has 0 radical (unpaired) electrons. The molecule has 124 valence electrons.